The zero-order valence-electron chi connectivity index (χ0n) is 10.1. The van der Waals surface area contributed by atoms with Gasteiger partial charge in [-0.25, -0.2) is 8.78 Å². The molecule has 19 heavy (non-hydrogen) atoms. The van der Waals surface area contributed by atoms with E-state index in [9.17, 15) is 13.6 Å². The number of benzene rings is 1. The fraction of sp³-hybridized carbons (Fsp3) is 0.167. The molecule has 1 amide bonds. The highest BCUT2D eigenvalue weighted by atomic mass is 19.2. The first-order chi connectivity index (χ1) is 8.97. The Morgan fingerprint density at radius 2 is 2.16 bits per heavy atom. The Bertz CT molecular complexity index is 612. The van der Waals surface area contributed by atoms with Gasteiger partial charge in [0.1, 0.15) is 6.04 Å². The second-order valence-corrected chi connectivity index (χ2v) is 4.04. The van der Waals surface area contributed by atoms with Gasteiger partial charge in [-0.1, -0.05) is 0 Å². The van der Waals surface area contributed by atoms with Gasteiger partial charge in [-0.15, -0.1) is 0 Å². The first kappa shape index (κ1) is 13.2. The van der Waals surface area contributed by atoms with E-state index in [0.717, 1.165) is 12.1 Å². The first-order valence-corrected chi connectivity index (χ1v) is 5.47. The zero-order valence-corrected chi connectivity index (χ0v) is 10.1. The van der Waals surface area contributed by atoms with E-state index in [-0.39, 0.29) is 5.69 Å². The summed E-state index contributed by atoms with van der Waals surface area (Å²) in [7, 11) is 1.70. The maximum Gasteiger partial charge on any atom is 0.246 e. The van der Waals surface area contributed by atoms with Crippen LogP contribution in [-0.4, -0.2) is 15.7 Å². The average Bonchev–Trinajstić information content (AvgIpc) is 2.79. The fourth-order valence-electron chi connectivity index (χ4n) is 1.55. The molecule has 7 heteroatoms. The highest BCUT2D eigenvalue weighted by Gasteiger charge is 2.17. The molecular formula is C12H12F2N4O. The summed E-state index contributed by atoms with van der Waals surface area (Å²) < 4.78 is 27.2. The monoisotopic (exact) mass is 266 g/mol. The van der Waals surface area contributed by atoms with Crippen molar-refractivity contribution in [2.45, 2.75) is 6.04 Å². The molecular weight excluding hydrogens is 254 g/mol. The molecule has 0 bridgehead atoms. The van der Waals surface area contributed by atoms with Crippen molar-refractivity contribution in [3.63, 3.8) is 0 Å². The van der Waals surface area contributed by atoms with E-state index in [4.69, 9.17) is 5.73 Å². The number of nitrogens with zero attached hydrogens (tertiary/aromatic N) is 2. The van der Waals surface area contributed by atoms with Crippen molar-refractivity contribution in [2.24, 2.45) is 12.8 Å². The second kappa shape index (κ2) is 5.15. The van der Waals surface area contributed by atoms with E-state index >= 15 is 0 Å². The Labute approximate surface area is 108 Å². The molecule has 0 fully saturated rings. The van der Waals surface area contributed by atoms with Crippen LogP contribution in [0.1, 0.15) is 11.6 Å². The predicted octanol–water partition coefficient (Wildman–Crippen LogP) is 1.34. The lowest BCUT2D eigenvalue weighted by molar-refractivity contribution is -0.117. The number of aromatic nitrogens is 2. The van der Waals surface area contributed by atoms with Crippen molar-refractivity contribution in [1.29, 1.82) is 0 Å². The SMILES string of the molecule is Cn1cc(C(N)C(=O)Nc2ccc(F)c(F)c2)cn1. The van der Waals surface area contributed by atoms with Crippen molar-refractivity contribution in [2.75, 3.05) is 5.32 Å². The van der Waals surface area contributed by atoms with E-state index < -0.39 is 23.6 Å². The third kappa shape index (κ3) is 2.94. The summed E-state index contributed by atoms with van der Waals surface area (Å²) in [4.78, 5) is 11.8. The molecule has 2 aromatic rings. The van der Waals surface area contributed by atoms with E-state index in [1.165, 1.54) is 16.9 Å². The lowest BCUT2D eigenvalue weighted by Gasteiger charge is -2.10. The molecule has 0 saturated carbocycles. The van der Waals surface area contributed by atoms with Gasteiger partial charge in [0.2, 0.25) is 5.91 Å². The molecule has 1 unspecified atom stereocenters. The van der Waals surface area contributed by atoms with Gasteiger partial charge in [-0.05, 0) is 12.1 Å². The third-order valence-electron chi connectivity index (χ3n) is 2.55. The Kier molecular flexibility index (Phi) is 3.57. The molecule has 2 rings (SSSR count). The van der Waals surface area contributed by atoms with Crippen LogP contribution in [0, 0.1) is 11.6 Å². The minimum Gasteiger partial charge on any atom is -0.324 e. The summed E-state index contributed by atoms with van der Waals surface area (Å²) >= 11 is 0. The first-order valence-electron chi connectivity index (χ1n) is 5.47. The lowest BCUT2D eigenvalue weighted by Crippen LogP contribution is -2.27. The number of carbonyl (C=O) groups excluding carboxylic acids is 1. The molecule has 100 valence electrons. The van der Waals surface area contributed by atoms with Crippen LogP contribution in [0.4, 0.5) is 14.5 Å². The van der Waals surface area contributed by atoms with E-state index in [1.54, 1.807) is 13.2 Å². The van der Waals surface area contributed by atoms with Gasteiger partial charge in [-0.3, -0.25) is 9.48 Å². The summed E-state index contributed by atoms with van der Waals surface area (Å²) in [5.74, 6) is -2.54. The smallest absolute Gasteiger partial charge is 0.246 e. The molecule has 0 radical (unpaired) electrons. The number of rotatable bonds is 3. The largest absolute Gasteiger partial charge is 0.324 e. The van der Waals surface area contributed by atoms with Gasteiger partial charge in [-0.2, -0.15) is 5.10 Å². The van der Waals surface area contributed by atoms with Crippen LogP contribution in [0.15, 0.2) is 30.6 Å². The molecule has 1 atom stereocenters. The van der Waals surface area contributed by atoms with Gasteiger partial charge in [0.05, 0.1) is 6.20 Å². The van der Waals surface area contributed by atoms with Gasteiger partial charge >= 0.3 is 0 Å². The summed E-state index contributed by atoms with van der Waals surface area (Å²) in [6, 6.07) is 2.15. The van der Waals surface area contributed by atoms with E-state index in [1.807, 2.05) is 0 Å². The van der Waals surface area contributed by atoms with Crippen molar-refractivity contribution in [1.82, 2.24) is 9.78 Å². The maximum absolute atomic E-state index is 13.0. The van der Waals surface area contributed by atoms with Crippen LogP contribution in [0.25, 0.3) is 0 Å². The maximum atomic E-state index is 13.0. The van der Waals surface area contributed by atoms with Crippen LogP contribution < -0.4 is 11.1 Å². The number of aryl methyl sites for hydroxylation is 1. The second-order valence-electron chi connectivity index (χ2n) is 4.04. The van der Waals surface area contributed by atoms with Gasteiger partial charge in [0, 0.05) is 30.6 Å². The van der Waals surface area contributed by atoms with Crippen LogP contribution >= 0.6 is 0 Å². The van der Waals surface area contributed by atoms with E-state index in [2.05, 4.69) is 10.4 Å². The number of amides is 1. The summed E-state index contributed by atoms with van der Waals surface area (Å²) in [5.41, 5.74) is 6.41. The molecule has 1 heterocycles. The normalized spacial score (nSPS) is 12.2. The Morgan fingerprint density at radius 1 is 1.42 bits per heavy atom. The molecule has 1 aromatic heterocycles. The summed E-state index contributed by atoms with van der Waals surface area (Å²) in [5, 5.41) is 6.31. The number of nitrogens with two attached hydrogens (primary N) is 1. The number of nitrogens with one attached hydrogen (secondary N) is 1. The molecule has 0 aliphatic rings. The topological polar surface area (TPSA) is 72.9 Å². The van der Waals surface area contributed by atoms with Crippen LogP contribution in [-0.2, 0) is 11.8 Å². The lowest BCUT2D eigenvalue weighted by atomic mass is 10.1. The Morgan fingerprint density at radius 3 is 2.74 bits per heavy atom. The third-order valence-corrected chi connectivity index (χ3v) is 2.55. The number of hydrogen-bond acceptors (Lipinski definition) is 3. The fourth-order valence-corrected chi connectivity index (χ4v) is 1.55. The number of carbonyl (C=O) groups is 1. The molecule has 0 aliphatic heterocycles. The van der Waals surface area contributed by atoms with Crippen LogP contribution in [0.3, 0.4) is 0 Å². The molecule has 0 aliphatic carbocycles. The number of hydrogen-bond donors (Lipinski definition) is 2. The average molecular weight is 266 g/mol. The van der Waals surface area contributed by atoms with Crippen molar-refractivity contribution >= 4 is 11.6 Å². The van der Waals surface area contributed by atoms with Crippen LogP contribution in [0.5, 0.6) is 0 Å². The van der Waals surface area contributed by atoms with Crippen molar-refractivity contribution < 1.29 is 13.6 Å². The number of anilines is 1. The summed E-state index contributed by atoms with van der Waals surface area (Å²) in [6.07, 6.45) is 3.07. The van der Waals surface area contributed by atoms with Crippen LogP contribution in [0.2, 0.25) is 0 Å². The highest BCUT2D eigenvalue weighted by molar-refractivity contribution is 5.95. The minimum atomic E-state index is -1.03. The Hall–Kier alpha value is -2.28. The minimum absolute atomic E-state index is 0.142. The molecule has 0 saturated heterocycles. The van der Waals surface area contributed by atoms with Crippen molar-refractivity contribution in [3.05, 3.63) is 47.8 Å². The predicted molar refractivity (Wildman–Crippen MR) is 65.1 cm³/mol. The molecule has 3 N–H and O–H groups in total. The quantitative estimate of drug-likeness (QED) is 0.880. The molecule has 5 nitrogen and oxygen atoms in total. The van der Waals surface area contributed by atoms with Gasteiger partial charge in [0.25, 0.3) is 0 Å². The Balaban J connectivity index is 2.10. The standard InChI is InChI=1S/C12H12F2N4O/c1-18-6-7(5-16-18)11(15)12(19)17-8-2-3-9(13)10(14)4-8/h2-6,11H,15H2,1H3,(H,17,19). The van der Waals surface area contributed by atoms with Gasteiger partial charge < -0.3 is 11.1 Å². The van der Waals surface area contributed by atoms with Gasteiger partial charge in [0.15, 0.2) is 11.6 Å². The van der Waals surface area contributed by atoms with E-state index in [0.29, 0.717) is 5.56 Å². The molecule has 1 aromatic carbocycles. The number of halogens is 2. The summed E-state index contributed by atoms with van der Waals surface area (Å²) in [6.45, 7) is 0. The highest BCUT2D eigenvalue weighted by Crippen LogP contribution is 2.16. The zero-order chi connectivity index (χ0) is 14.0. The van der Waals surface area contributed by atoms with Crippen molar-refractivity contribution in [3.8, 4) is 0 Å². The molecule has 0 spiro atoms.